The molecule has 0 bridgehead atoms. The molecule has 1 N–H and O–H groups in total. The number of hydrogen-bond acceptors (Lipinski definition) is 4. The van der Waals surface area contributed by atoms with Crippen LogP contribution >= 0.6 is 0 Å². The molecular formula is C13H23N3O. The van der Waals surface area contributed by atoms with Crippen LogP contribution in [0.4, 0.5) is 0 Å². The fourth-order valence-corrected chi connectivity index (χ4v) is 2.29. The van der Waals surface area contributed by atoms with E-state index in [9.17, 15) is 0 Å². The number of aromatic nitrogens is 2. The minimum absolute atomic E-state index is 0.307. The SMILES string of the molecule is CCCCCc1nc(C2CCCCCN2)no1. The van der Waals surface area contributed by atoms with Crippen LogP contribution in [0.5, 0.6) is 0 Å². The molecule has 1 aromatic heterocycles. The van der Waals surface area contributed by atoms with Crippen LogP contribution in [-0.4, -0.2) is 16.7 Å². The molecule has 2 rings (SSSR count). The number of rotatable bonds is 5. The third-order valence-corrected chi connectivity index (χ3v) is 3.35. The maximum absolute atomic E-state index is 5.30. The lowest BCUT2D eigenvalue weighted by atomic mass is 10.1. The van der Waals surface area contributed by atoms with Gasteiger partial charge in [0, 0.05) is 6.42 Å². The van der Waals surface area contributed by atoms with Crippen molar-refractivity contribution in [1.29, 1.82) is 0 Å². The standard InChI is InChI=1S/C13H23N3O/c1-2-3-5-9-12-15-13(16-17-12)11-8-6-4-7-10-14-11/h11,14H,2-10H2,1H3. The van der Waals surface area contributed by atoms with Crippen LogP contribution in [-0.2, 0) is 6.42 Å². The van der Waals surface area contributed by atoms with Gasteiger partial charge in [-0.3, -0.25) is 0 Å². The molecule has 1 aliphatic heterocycles. The molecule has 4 heteroatoms. The van der Waals surface area contributed by atoms with Gasteiger partial charge in [-0.15, -0.1) is 0 Å². The van der Waals surface area contributed by atoms with Crippen molar-refractivity contribution in [3.63, 3.8) is 0 Å². The monoisotopic (exact) mass is 237 g/mol. The topological polar surface area (TPSA) is 51.0 Å². The Morgan fingerprint density at radius 1 is 1.29 bits per heavy atom. The summed E-state index contributed by atoms with van der Waals surface area (Å²) in [6.45, 7) is 3.28. The average molecular weight is 237 g/mol. The van der Waals surface area contributed by atoms with Gasteiger partial charge in [0.25, 0.3) is 0 Å². The molecule has 1 aliphatic rings. The second kappa shape index (κ2) is 6.74. The Bertz CT molecular complexity index is 316. The van der Waals surface area contributed by atoms with Gasteiger partial charge in [0.2, 0.25) is 5.89 Å². The van der Waals surface area contributed by atoms with E-state index in [1.165, 1.54) is 32.1 Å². The molecule has 1 atom stereocenters. The van der Waals surface area contributed by atoms with Gasteiger partial charge >= 0.3 is 0 Å². The first-order valence-electron chi connectivity index (χ1n) is 6.96. The summed E-state index contributed by atoms with van der Waals surface area (Å²) in [4.78, 5) is 4.51. The molecule has 0 amide bonds. The van der Waals surface area contributed by atoms with Crippen LogP contribution in [0.2, 0.25) is 0 Å². The van der Waals surface area contributed by atoms with Gasteiger partial charge in [0.1, 0.15) is 0 Å². The Hall–Kier alpha value is -0.900. The summed E-state index contributed by atoms with van der Waals surface area (Å²) in [5.41, 5.74) is 0. The van der Waals surface area contributed by atoms with Crippen molar-refractivity contribution in [2.75, 3.05) is 6.54 Å². The van der Waals surface area contributed by atoms with Crippen molar-refractivity contribution in [1.82, 2.24) is 15.5 Å². The van der Waals surface area contributed by atoms with Gasteiger partial charge in [-0.05, 0) is 25.8 Å². The van der Waals surface area contributed by atoms with Crippen LogP contribution in [0.15, 0.2) is 4.52 Å². The highest BCUT2D eigenvalue weighted by Gasteiger charge is 2.19. The van der Waals surface area contributed by atoms with Gasteiger partial charge in [0.15, 0.2) is 5.82 Å². The summed E-state index contributed by atoms with van der Waals surface area (Å²) in [5, 5.41) is 7.61. The van der Waals surface area contributed by atoms with Crippen LogP contribution < -0.4 is 5.32 Å². The van der Waals surface area contributed by atoms with Crippen LogP contribution in [0.1, 0.15) is 69.6 Å². The molecule has 2 heterocycles. The van der Waals surface area contributed by atoms with Gasteiger partial charge < -0.3 is 9.84 Å². The first-order valence-corrected chi connectivity index (χ1v) is 6.96. The molecule has 4 nitrogen and oxygen atoms in total. The first-order chi connectivity index (χ1) is 8.40. The highest BCUT2D eigenvalue weighted by atomic mass is 16.5. The van der Waals surface area contributed by atoms with Crippen molar-refractivity contribution in [3.05, 3.63) is 11.7 Å². The lowest BCUT2D eigenvalue weighted by molar-refractivity contribution is 0.360. The van der Waals surface area contributed by atoms with E-state index in [-0.39, 0.29) is 0 Å². The Morgan fingerprint density at radius 3 is 3.12 bits per heavy atom. The van der Waals surface area contributed by atoms with E-state index in [4.69, 9.17) is 4.52 Å². The van der Waals surface area contributed by atoms with E-state index in [0.717, 1.165) is 37.5 Å². The van der Waals surface area contributed by atoms with Gasteiger partial charge in [-0.25, -0.2) is 0 Å². The molecule has 0 radical (unpaired) electrons. The summed E-state index contributed by atoms with van der Waals surface area (Å²) in [6, 6.07) is 0.307. The fourth-order valence-electron chi connectivity index (χ4n) is 2.29. The van der Waals surface area contributed by atoms with Gasteiger partial charge in [-0.2, -0.15) is 4.98 Å². The number of aryl methyl sites for hydroxylation is 1. The number of unbranched alkanes of at least 4 members (excludes halogenated alkanes) is 2. The molecule has 17 heavy (non-hydrogen) atoms. The van der Waals surface area contributed by atoms with Gasteiger partial charge in [0.05, 0.1) is 6.04 Å². The van der Waals surface area contributed by atoms with E-state index in [1.807, 2.05) is 0 Å². The fraction of sp³-hybridized carbons (Fsp3) is 0.846. The predicted octanol–water partition coefficient (Wildman–Crippen LogP) is 3.01. The Morgan fingerprint density at radius 2 is 2.24 bits per heavy atom. The third kappa shape index (κ3) is 3.80. The minimum atomic E-state index is 0.307. The molecule has 0 saturated carbocycles. The second-order valence-electron chi connectivity index (χ2n) is 4.86. The molecule has 96 valence electrons. The Labute approximate surface area is 103 Å². The number of nitrogens with zero attached hydrogens (tertiary/aromatic N) is 2. The Balaban J connectivity index is 1.87. The van der Waals surface area contributed by atoms with Crippen molar-refractivity contribution in [3.8, 4) is 0 Å². The van der Waals surface area contributed by atoms with E-state index in [1.54, 1.807) is 0 Å². The zero-order valence-corrected chi connectivity index (χ0v) is 10.7. The smallest absolute Gasteiger partial charge is 0.226 e. The molecule has 1 unspecified atom stereocenters. The summed E-state index contributed by atoms with van der Waals surface area (Å²) in [6.07, 6.45) is 9.50. The van der Waals surface area contributed by atoms with E-state index < -0.39 is 0 Å². The minimum Gasteiger partial charge on any atom is -0.339 e. The molecule has 0 aliphatic carbocycles. The number of hydrogen-bond donors (Lipinski definition) is 1. The Kier molecular flexibility index (Phi) is 4.98. The van der Waals surface area contributed by atoms with Crippen molar-refractivity contribution in [2.24, 2.45) is 0 Å². The first kappa shape index (κ1) is 12.6. The van der Waals surface area contributed by atoms with Gasteiger partial charge in [-0.1, -0.05) is 37.8 Å². The molecule has 1 aromatic rings. The van der Waals surface area contributed by atoms with Crippen LogP contribution in [0, 0.1) is 0 Å². The molecule has 1 saturated heterocycles. The highest BCUT2D eigenvalue weighted by molar-refractivity contribution is 4.95. The highest BCUT2D eigenvalue weighted by Crippen LogP contribution is 2.20. The predicted molar refractivity (Wildman–Crippen MR) is 66.7 cm³/mol. The summed E-state index contributed by atoms with van der Waals surface area (Å²) in [5.74, 6) is 1.66. The summed E-state index contributed by atoms with van der Waals surface area (Å²) < 4.78 is 5.30. The van der Waals surface area contributed by atoms with Crippen molar-refractivity contribution < 1.29 is 4.52 Å². The summed E-state index contributed by atoms with van der Waals surface area (Å²) in [7, 11) is 0. The third-order valence-electron chi connectivity index (χ3n) is 3.35. The molecular weight excluding hydrogens is 214 g/mol. The molecule has 0 spiro atoms. The lowest BCUT2D eigenvalue weighted by Gasteiger charge is -2.09. The largest absolute Gasteiger partial charge is 0.339 e. The lowest BCUT2D eigenvalue weighted by Crippen LogP contribution is -2.21. The zero-order chi connectivity index (χ0) is 11.9. The average Bonchev–Trinajstić information content (AvgIpc) is 2.64. The second-order valence-corrected chi connectivity index (χ2v) is 4.86. The van der Waals surface area contributed by atoms with E-state index in [2.05, 4.69) is 22.4 Å². The number of nitrogens with one attached hydrogen (secondary N) is 1. The quantitative estimate of drug-likeness (QED) is 0.800. The molecule has 1 fully saturated rings. The van der Waals surface area contributed by atoms with Crippen LogP contribution in [0.25, 0.3) is 0 Å². The van der Waals surface area contributed by atoms with Crippen molar-refractivity contribution >= 4 is 0 Å². The maximum atomic E-state index is 5.30. The normalized spacial score (nSPS) is 21.4. The van der Waals surface area contributed by atoms with E-state index in [0.29, 0.717) is 6.04 Å². The zero-order valence-electron chi connectivity index (χ0n) is 10.7. The van der Waals surface area contributed by atoms with Crippen molar-refractivity contribution in [2.45, 2.75) is 64.3 Å². The maximum Gasteiger partial charge on any atom is 0.226 e. The summed E-state index contributed by atoms with van der Waals surface area (Å²) >= 11 is 0. The van der Waals surface area contributed by atoms with E-state index >= 15 is 0 Å². The molecule has 0 aromatic carbocycles. The van der Waals surface area contributed by atoms with Crippen LogP contribution in [0.3, 0.4) is 0 Å².